The molecule has 3 nitrogen and oxygen atoms in total. The molecule has 3 rings (SSSR count). The fraction of sp³-hybridized carbons (Fsp3) is 0.0952. The number of hydrogen-bond donors (Lipinski definition) is 1. The number of halogens is 1. The van der Waals surface area contributed by atoms with Gasteiger partial charge >= 0.3 is 0 Å². The van der Waals surface area contributed by atoms with Gasteiger partial charge in [-0.2, -0.15) is 0 Å². The van der Waals surface area contributed by atoms with Crippen molar-refractivity contribution < 1.29 is 9.53 Å². The Balaban J connectivity index is 1.57. The molecule has 0 atom stereocenters. The van der Waals surface area contributed by atoms with Gasteiger partial charge in [0.25, 0.3) is 5.91 Å². The molecule has 4 heteroatoms. The van der Waals surface area contributed by atoms with Gasteiger partial charge in [0, 0.05) is 10.7 Å². The second kappa shape index (κ2) is 7.86. The van der Waals surface area contributed by atoms with Gasteiger partial charge in [-0.05, 0) is 53.9 Å². The van der Waals surface area contributed by atoms with E-state index in [1.165, 1.54) is 0 Å². The molecule has 1 N–H and O–H groups in total. The van der Waals surface area contributed by atoms with Gasteiger partial charge in [0.1, 0.15) is 5.75 Å². The number of aryl methyl sites for hydroxylation is 1. The van der Waals surface area contributed by atoms with Gasteiger partial charge in [-0.3, -0.25) is 4.79 Å². The lowest BCUT2D eigenvalue weighted by Gasteiger charge is -2.10. The van der Waals surface area contributed by atoms with Gasteiger partial charge in [-0.15, -0.1) is 0 Å². The lowest BCUT2D eigenvalue weighted by atomic mass is 10.1. The van der Waals surface area contributed by atoms with Crippen molar-refractivity contribution in [3.63, 3.8) is 0 Å². The first kappa shape index (κ1) is 17.1. The van der Waals surface area contributed by atoms with E-state index in [9.17, 15) is 4.79 Å². The second-order valence-electron chi connectivity index (χ2n) is 5.69. The van der Waals surface area contributed by atoms with Gasteiger partial charge in [-0.1, -0.05) is 54.1 Å². The molecule has 25 heavy (non-hydrogen) atoms. The third-order valence-corrected chi connectivity index (χ3v) is 4.03. The molecular formula is C21H18ClNO2. The van der Waals surface area contributed by atoms with E-state index in [0.29, 0.717) is 10.8 Å². The van der Waals surface area contributed by atoms with Gasteiger partial charge in [0.15, 0.2) is 6.61 Å². The minimum Gasteiger partial charge on any atom is -0.484 e. The maximum atomic E-state index is 12.0. The molecule has 3 aromatic rings. The molecule has 0 unspecified atom stereocenters. The van der Waals surface area contributed by atoms with Crippen LogP contribution in [-0.2, 0) is 4.79 Å². The quantitative estimate of drug-likeness (QED) is 0.674. The van der Waals surface area contributed by atoms with Crippen LogP contribution >= 0.6 is 11.6 Å². The topological polar surface area (TPSA) is 38.3 Å². The molecule has 0 bridgehead atoms. The van der Waals surface area contributed by atoms with Crippen molar-refractivity contribution in [2.24, 2.45) is 0 Å². The predicted octanol–water partition coefficient (Wildman–Crippen LogP) is 5.33. The number of carbonyl (C=O) groups excluding carboxylic acids is 1. The maximum Gasteiger partial charge on any atom is 0.262 e. The van der Waals surface area contributed by atoms with E-state index in [-0.39, 0.29) is 12.5 Å². The number of anilines is 1. The Kier molecular flexibility index (Phi) is 5.36. The summed E-state index contributed by atoms with van der Waals surface area (Å²) in [5, 5.41) is 3.47. The molecule has 0 fully saturated rings. The molecule has 0 aromatic heterocycles. The number of carbonyl (C=O) groups is 1. The Morgan fingerprint density at radius 3 is 2.32 bits per heavy atom. The fourth-order valence-corrected chi connectivity index (χ4v) is 2.70. The normalized spacial score (nSPS) is 10.3. The second-order valence-corrected chi connectivity index (χ2v) is 6.12. The molecule has 126 valence electrons. The number of benzene rings is 3. The molecule has 0 aliphatic carbocycles. The van der Waals surface area contributed by atoms with Crippen LogP contribution in [0, 0.1) is 6.92 Å². The summed E-state index contributed by atoms with van der Waals surface area (Å²) in [6.07, 6.45) is 0. The summed E-state index contributed by atoms with van der Waals surface area (Å²) in [6, 6.07) is 23.1. The van der Waals surface area contributed by atoms with E-state index >= 15 is 0 Å². The highest BCUT2D eigenvalue weighted by molar-refractivity contribution is 6.30. The summed E-state index contributed by atoms with van der Waals surface area (Å²) in [5.41, 5.74) is 3.89. The number of rotatable bonds is 5. The van der Waals surface area contributed by atoms with Crippen LogP contribution in [-0.4, -0.2) is 12.5 Å². The lowest BCUT2D eigenvalue weighted by Crippen LogP contribution is -2.20. The van der Waals surface area contributed by atoms with Crippen molar-refractivity contribution in [2.45, 2.75) is 6.92 Å². The van der Waals surface area contributed by atoms with Crippen LogP contribution in [0.2, 0.25) is 5.02 Å². The number of ether oxygens (including phenoxy) is 1. The Morgan fingerprint density at radius 1 is 0.960 bits per heavy atom. The average Bonchev–Trinajstić information content (AvgIpc) is 2.63. The van der Waals surface area contributed by atoms with Crippen LogP contribution in [0.15, 0.2) is 72.8 Å². The van der Waals surface area contributed by atoms with E-state index in [1.54, 1.807) is 18.2 Å². The summed E-state index contributed by atoms with van der Waals surface area (Å²) in [6.45, 7) is 1.84. The minimum atomic E-state index is -0.211. The first-order valence-electron chi connectivity index (χ1n) is 7.96. The Labute approximate surface area is 152 Å². The van der Waals surface area contributed by atoms with E-state index < -0.39 is 0 Å². The third-order valence-electron chi connectivity index (χ3n) is 3.79. The summed E-state index contributed by atoms with van der Waals surface area (Å²) >= 11 is 5.91. The predicted molar refractivity (Wildman–Crippen MR) is 102 cm³/mol. The Morgan fingerprint density at radius 2 is 1.64 bits per heavy atom. The molecule has 0 spiro atoms. The summed E-state index contributed by atoms with van der Waals surface area (Å²) in [5.74, 6) is 0.445. The van der Waals surface area contributed by atoms with Gasteiger partial charge in [0.05, 0.1) is 0 Å². The fourth-order valence-electron chi connectivity index (χ4n) is 2.48. The number of nitrogens with one attached hydrogen (secondary N) is 1. The molecule has 0 heterocycles. The zero-order chi connectivity index (χ0) is 17.6. The minimum absolute atomic E-state index is 0.0489. The van der Waals surface area contributed by atoms with E-state index in [0.717, 1.165) is 22.4 Å². The van der Waals surface area contributed by atoms with Crippen LogP contribution in [0.4, 0.5) is 5.69 Å². The van der Waals surface area contributed by atoms with Crippen molar-refractivity contribution in [1.29, 1.82) is 0 Å². The molecule has 1 amide bonds. The molecule has 0 aliphatic heterocycles. The lowest BCUT2D eigenvalue weighted by molar-refractivity contribution is -0.118. The van der Waals surface area contributed by atoms with Crippen molar-refractivity contribution in [3.8, 4) is 16.9 Å². The molecule has 0 radical (unpaired) electrons. The van der Waals surface area contributed by atoms with Crippen LogP contribution < -0.4 is 10.1 Å². The highest BCUT2D eigenvalue weighted by atomic mass is 35.5. The van der Waals surface area contributed by atoms with Crippen LogP contribution in [0.5, 0.6) is 5.75 Å². The summed E-state index contributed by atoms with van der Waals surface area (Å²) < 4.78 is 5.56. The Hall–Kier alpha value is -2.78. The van der Waals surface area contributed by atoms with E-state index in [4.69, 9.17) is 16.3 Å². The molecule has 0 aliphatic rings. The first-order valence-corrected chi connectivity index (χ1v) is 8.34. The molecule has 0 saturated carbocycles. The standard InChI is InChI=1S/C21H18ClNO2/c1-15-13-18(22)9-12-20(15)23-21(24)14-25-19-10-7-17(8-11-19)16-5-3-2-4-6-16/h2-13H,14H2,1H3,(H,23,24). The maximum absolute atomic E-state index is 12.0. The molecule has 3 aromatic carbocycles. The first-order chi connectivity index (χ1) is 12.1. The number of amides is 1. The van der Waals surface area contributed by atoms with Crippen LogP contribution in [0.25, 0.3) is 11.1 Å². The Bertz CT molecular complexity index is 861. The van der Waals surface area contributed by atoms with Crippen molar-refractivity contribution >= 4 is 23.2 Å². The van der Waals surface area contributed by atoms with Gasteiger partial charge < -0.3 is 10.1 Å². The summed E-state index contributed by atoms with van der Waals surface area (Å²) in [7, 11) is 0. The van der Waals surface area contributed by atoms with Crippen molar-refractivity contribution in [3.05, 3.63) is 83.4 Å². The molecule has 0 saturated heterocycles. The SMILES string of the molecule is Cc1cc(Cl)ccc1NC(=O)COc1ccc(-c2ccccc2)cc1. The summed E-state index contributed by atoms with van der Waals surface area (Å²) in [4.78, 5) is 12.0. The highest BCUT2D eigenvalue weighted by Crippen LogP contribution is 2.22. The van der Waals surface area contributed by atoms with E-state index in [2.05, 4.69) is 17.4 Å². The molecular weight excluding hydrogens is 334 g/mol. The zero-order valence-electron chi connectivity index (χ0n) is 13.8. The van der Waals surface area contributed by atoms with Gasteiger partial charge in [-0.25, -0.2) is 0 Å². The largest absolute Gasteiger partial charge is 0.484 e. The van der Waals surface area contributed by atoms with Crippen molar-refractivity contribution in [1.82, 2.24) is 0 Å². The number of hydrogen-bond acceptors (Lipinski definition) is 2. The zero-order valence-corrected chi connectivity index (χ0v) is 14.6. The van der Waals surface area contributed by atoms with Crippen LogP contribution in [0.3, 0.4) is 0 Å². The monoisotopic (exact) mass is 351 g/mol. The average molecular weight is 352 g/mol. The third kappa shape index (κ3) is 4.61. The van der Waals surface area contributed by atoms with Crippen LogP contribution in [0.1, 0.15) is 5.56 Å². The van der Waals surface area contributed by atoms with Gasteiger partial charge in [0.2, 0.25) is 0 Å². The van der Waals surface area contributed by atoms with Crippen molar-refractivity contribution in [2.75, 3.05) is 11.9 Å². The van der Waals surface area contributed by atoms with E-state index in [1.807, 2.05) is 49.4 Å². The highest BCUT2D eigenvalue weighted by Gasteiger charge is 2.06. The smallest absolute Gasteiger partial charge is 0.262 e.